The molecule has 82 valence electrons. The van der Waals surface area contributed by atoms with Gasteiger partial charge in [-0.05, 0) is 12.1 Å². The van der Waals surface area contributed by atoms with Gasteiger partial charge in [0.1, 0.15) is 0 Å². The summed E-state index contributed by atoms with van der Waals surface area (Å²) in [6.45, 7) is 3.49. The van der Waals surface area contributed by atoms with Gasteiger partial charge in [0.15, 0.2) is 5.82 Å². The van der Waals surface area contributed by atoms with Crippen LogP contribution in [-0.4, -0.2) is 49.6 Å². The van der Waals surface area contributed by atoms with Gasteiger partial charge in [-0.15, -0.1) is 5.10 Å². The molecule has 0 amide bonds. The van der Waals surface area contributed by atoms with Crippen molar-refractivity contribution in [2.24, 2.45) is 0 Å². The maximum atomic E-state index is 5.62. The molecule has 1 N–H and O–H groups in total. The van der Waals surface area contributed by atoms with Crippen molar-refractivity contribution in [3.05, 3.63) is 18.3 Å². The van der Waals surface area contributed by atoms with Crippen LogP contribution in [0.2, 0.25) is 0 Å². The molecule has 1 unspecified atom stereocenters. The topological polar surface area (TPSA) is 50.3 Å². The van der Waals surface area contributed by atoms with Crippen molar-refractivity contribution < 1.29 is 4.74 Å². The average molecular weight is 208 g/mol. The normalized spacial score (nSPS) is 21.3. The molecule has 1 aromatic heterocycles. The lowest BCUT2D eigenvalue weighted by Gasteiger charge is -2.28. The van der Waals surface area contributed by atoms with Crippen molar-refractivity contribution in [2.75, 3.05) is 38.2 Å². The summed E-state index contributed by atoms with van der Waals surface area (Å²) in [5.74, 6) is 0.881. The zero-order valence-corrected chi connectivity index (χ0v) is 8.89. The highest BCUT2D eigenvalue weighted by molar-refractivity contribution is 5.35. The molecule has 0 aliphatic carbocycles. The summed E-state index contributed by atoms with van der Waals surface area (Å²) >= 11 is 0. The number of aromatic nitrogens is 2. The molecule has 0 saturated carbocycles. The predicted molar refractivity (Wildman–Crippen MR) is 57.9 cm³/mol. The van der Waals surface area contributed by atoms with Gasteiger partial charge < -0.3 is 15.0 Å². The number of likely N-dealkylation sites (N-methyl/N-ethyl adjacent to an activating group) is 1. The van der Waals surface area contributed by atoms with Crippen molar-refractivity contribution in [1.29, 1.82) is 0 Å². The second-order valence-electron chi connectivity index (χ2n) is 3.66. The fourth-order valence-electron chi connectivity index (χ4n) is 1.63. The molecule has 2 rings (SSSR count). The van der Waals surface area contributed by atoms with Crippen molar-refractivity contribution >= 4 is 5.82 Å². The molecule has 0 aromatic carbocycles. The van der Waals surface area contributed by atoms with E-state index >= 15 is 0 Å². The van der Waals surface area contributed by atoms with Crippen LogP contribution in [0.15, 0.2) is 18.3 Å². The molecular weight excluding hydrogens is 192 g/mol. The molecule has 1 saturated heterocycles. The second-order valence-corrected chi connectivity index (χ2v) is 3.66. The number of hydrogen-bond acceptors (Lipinski definition) is 5. The third kappa shape index (κ3) is 2.87. The van der Waals surface area contributed by atoms with Crippen LogP contribution in [0.3, 0.4) is 0 Å². The van der Waals surface area contributed by atoms with Crippen LogP contribution < -0.4 is 10.2 Å². The average Bonchev–Trinajstić information content (AvgIpc) is 2.31. The van der Waals surface area contributed by atoms with Crippen LogP contribution >= 0.6 is 0 Å². The van der Waals surface area contributed by atoms with Crippen molar-refractivity contribution in [3.8, 4) is 0 Å². The Balaban J connectivity index is 1.88. The maximum Gasteiger partial charge on any atom is 0.151 e. The van der Waals surface area contributed by atoms with Gasteiger partial charge in [0.05, 0.1) is 12.7 Å². The smallest absolute Gasteiger partial charge is 0.151 e. The van der Waals surface area contributed by atoms with Gasteiger partial charge in [-0.1, -0.05) is 0 Å². The Morgan fingerprint density at radius 3 is 3.27 bits per heavy atom. The van der Waals surface area contributed by atoms with Crippen LogP contribution in [0.4, 0.5) is 5.82 Å². The van der Waals surface area contributed by atoms with Crippen molar-refractivity contribution in [2.45, 2.75) is 6.10 Å². The highest BCUT2D eigenvalue weighted by Gasteiger charge is 2.16. The van der Waals surface area contributed by atoms with E-state index in [0.717, 1.165) is 32.1 Å². The van der Waals surface area contributed by atoms with Crippen LogP contribution in [0.25, 0.3) is 0 Å². The van der Waals surface area contributed by atoms with Crippen molar-refractivity contribution in [1.82, 2.24) is 15.5 Å². The van der Waals surface area contributed by atoms with Crippen LogP contribution in [0, 0.1) is 0 Å². The van der Waals surface area contributed by atoms with E-state index in [1.165, 1.54) is 0 Å². The van der Waals surface area contributed by atoms with E-state index in [0.29, 0.717) is 0 Å². The summed E-state index contributed by atoms with van der Waals surface area (Å²) in [6, 6.07) is 3.84. The summed E-state index contributed by atoms with van der Waals surface area (Å²) in [5, 5.41) is 11.2. The molecule has 5 nitrogen and oxygen atoms in total. The molecule has 1 aliphatic heterocycles. The van der Waals surface area contributed by atoms with Gasteiger partial charge in [0.2, 0.25) is 0 Å². The minimum Gasteiger partial charge on any atom is -0.374 e. The first-order valence-corrected chi connectivity index (χ1v) is 5.17. The van der Waals surface area contributed by atoms with Gasteiger partial charge in [-0.2, -0.15) is 5.10 Å². The zero-order valence-electron chi connectivity index (χ0n) is 8.89. The first kappa shape index (κ1) is 10.3. The van der Waals surface area contributed by atoms with E-state index in [4.69, 9.17) is 4.74 Å². The zero-order chi connectivity index (χ0) is 10.5. The molecule has 0 bridgehead atoms. The molecule has 1 aromatic rings. The largest absolute Gasteiger partial charge is 0.374 e. The Labute approximate surface area is 89.4 Å². The fourth-order valence-corrected chi connectivity index (χ4v) is 1.63. The van der Waals surface area contributed by atoms with Gasteiger partial charge in [-0.25, -0.2) is 0 Å². The molecule has 0 spiro atoms. The lowest BCUT2D eigenvalue weighted by Crippen LogP contribution is -2.44. The minimum atomic E-state index is 0.241. The molecular formula is C10H16N4O. The number of morpholine rings is 1. The molecule has 2 heterocycles. The maximum absolute atomic E-state index is 5.62. The number of nitrogens with zero attached hydrogens (tertiary/aromatic N) is 3. The van der Waals surface area contributed by atoms with E-state index in [1.807, 2.05) is 19.2 Å². The third-order valence-corrected chi connectivity index (χ3v) is 2.43. The number of ether oxygens (including phenoxy) is 1. The third-order valence-electron chi connectivity index (χ3n) is 2.43. The van der Waals surface area contributed by atoms with E-state index < -0.39 is 0 Å². The highest BCUT2D eigenvalue weighted by atomic mass is 16.5. The second kappa shape index (κ2) is 5.04. The van der Waals surface area contributed by atoms with Gasteiger partial charge in [0.25, 0.3) is 0 Å². The minimum absolute atomic E-state index is 0.241. The molecule has 5 heteroatoms. The van der Waals surface area contributed by atoms with E-state index in [9.17, 15) is 0 Å². The summed E-state index contributed by atoms with van der Waals surface area (Å²) in [7, 11) is 2.00. The number of rotatable bonds is 3. The Morgan fingerprint density at radius 2 is 2.60 bits per heavy atom. The van der Waals surface area contributed by atoms with Crippen molar-refractivity contribution in [3.63, 3.8) is 0 Å². The summed E-state index contributed by atoms with van der Waals surface area (Å²) in [4.78, 5) is 2.06. The van der Waals surface area contributed by atoms with Gasteiger partial charge in [-0.3, -0.25) is 0 Å². The van der Waals surface area contributed by atoms with Crippen LogP contribution in [0.1, 0.15) is 0 Å². The molecule has 1 aliphatic rings. The molecule has 1 fully saturated rings. The number of nitrogens with one attached hydrogen (secondary N) is 1. The lowest BCUT2D eigenvalue weighted by molar-refractivity contribution is 0.0339. The summed E-state index contributed by atoms with van der Waals surface area (Å²) in [6.07, 6.45) is 1.92. The predicted octanol–water partition coefficient (Wildman–Crippen LogP) is -0.0988. The Morgan fingerprint density at radius 1 is 1.67 bits per heavy atom. The lowest BCUT2D eigenvalue weighted by atomic mass is 10.3. The monoisotopic (exact) mass is 208 g/mol. The Kier molecular flexibility index (Phi) is 3.47. The van der Waals surface area contributed by atoms with E-state index in [-0.39, 0.29) is 6.10 Å². The first-order valence-electron chi connectivity index (χ1n) is 5.17. The van der Waals surface area contributed by atoms with E-state index in [2.05, 4.69) is 20.4 Å². The highest BCUT2D eigenvalue weighted by Crippen LogP contribution is 2.07. The molecule has 0 radical (unpaired) electrons. The number of hydrogen-bond donors (Lipinski definition) is 1. The fraction of sp³-hybridized carbons (Fsp3) is 0.600. The Bertz CT molecular complexity index is 287. The Hall–Kier alpha value is -1.20. The summed E-state index contributed by atoms with van der Waals surface area (Å²) in [5.41, 5.74) is 0. The summed E-state index contributed by atoms with van der Waals surface area (Å²) < 4.78 is 5.62. The van der Waals surface area contributed by atoms with Crippen LogP contribution in [0.5, 0.6) is 0 Å². The quantitative estimate of drug-likeness (QED) is 0.752. The molecule has 15 heavy (non-hydrogen) atoms. The van der Waals surface area contributed by atoms with Gasteiger partial charge >= 0.3 is 0 Å². The van der Waals surface area contributed by atoms with Crippen LogP contribution in [-0.2, 0) is 4.74 Å². The first-order chi connectivity index (χ1) is 7.36. The van der Waals surface area contributed by atoms with Gasteiger partial charge in [0, 0.05) is 32.9 Å². The molecule has 1 atom stereocenters. The SMILES string of the molecule is CN(CC1CNCCO1)c1cccnn1. The standard InChI is InChI=1S/C10H16N4O/c1-14(10-3-2-4-12-13-10)8-9-7-11-5-6-15-9/h2-4,9,11H,5-8H2,1H3. The van der Waals surface area contributed by atoms with E-state index in [1.54, 1.807) is 6.20 Å². The number of anilines is 1.